The first-order valence-corrected chi connectivity index (χ1v) is 8.29. The van der Waals surface area contributed by atoms with Crippen LogP contribution < -0.4 is 0 Å². The Morgan fingerprint density at radius 3 is 2.74 bits per heavy atom. The van der Waals surface area contributed by atoms with E-state index in [0.717, 1.165) is 37.1 Å². The lowest BCUT2D eigenvalue weighted by Gasteiger charge is -2.26. The zero-order valence-corrected chi connectivity index (χ0v) is 14.1. The molecule has 5 nitrogen and oxygen atoms in total. The van der Waals surface area contributed by atoms with Crippen LogP contribution in [0.25, 0.3) is 11.4 Å². The monoisotopic (exact) mass is 329 g/mol. The van der Waals surface area contributed by atoms with Crippen LogP contribution in [-0.4, -0.2) is 14.5 Å². The van der Waals surface area contributed by atoms with Crippen LogP contribution in [0.4, 0.5) is 5.69 Å². The van der Waals surface area contributed by atoms with Crippen LogP contribution in [0.1, 0.15) is 44.0 Å². The van der Waals surface area contributed by atoms with Crippen molar-refractivity contribution in [3.8, 4) is 11.4 Å². The molecule has 23 heavy (non-hydrogen) atoms. The van der Waals surface area contributed by atoms with Crippen molar-refractivity contribution in [1.82, 2.24) is 9.55 Å². The molecule has 0 saturated heterocycles. The summed E-state index contributed by atoms with van der Waals surface area (Å²) in [6.45, 7) is 4.22. The van der Waals surface area contributed by atoms with E-state index in [1.165, 1.54) is 17.3 Å². The molecular formula is C17H19N3O2S. The maximum Gasteiger partial charge on any atom is 0.270 e. The van der Waals surface area contributed by atoms with Gasteiger partial charge in [0.15, 0.2) is 0 Å². The SMILES string of the molecule is CC(C)n1c(-c2cccc([N+](=O)[O-])c2)nc(=S)c2c1CCCC2. The van der Waals surface area contributed by atoms with Crippen LogP contribution in [0.3, 0.4) is 0 Å². The Hall–Kier alpha value is -2.08. The normalized spacial score (nSPS) is 13.9. The van der Waals surface area contributed by atoms with Gasteiger partial charge in [-0.1, -0.05) is 24.4 Å². The first-order valence-electron chi connectivity index (χ1n) is 7.88. The van der Waals surface area contributed by atoms with Crippen molar-refractivity contribution in [3.63, 3.8) is 0 Å². The molecule has 0 saturated carbocycles. The molecule has 0 bridgehead atoms. The number of benzene rings is 1. The average Bonchev–Trinajstić information content (AvgIpc) is 2.54. The van der Waals surface area contributed by atoms with E-state index in [0.29, 0.717) is 4.64 Å². The minimum atomic E-state index is -0.379. The van der Waals surface area contributed by atoms with Crippen molar-refractivity contribution in [2.24, 2.45) is 0 Å². The molecule has 1 aromatic carbocycles. The van der Waals surface area contributed by atoms with Gasteiger partial charge in [0.05, 0.1) is 4.92 Å². The molecule has 0 aliphatic heterocycles. The number of hydrogen-bond donors (Lipinski definition) is 0. The average molecular weight is 329 g/mol. The highest BCUT2D eigenvalue weighted by Gasteiger charge is 2.21. The van der Waals surface area contributed by atoms with Gasteiger partial charge in [0, 0.05) is 35.0 Å². The fourth-order valence-electron chi connectivity index (χ4n) is 3.25. The van der Waals surface area contributed by atoms with Crippen molar-refractivity contribution < 1.29 is 4.92 Å². The van der Waals surface area contributed by atoms with Crippen molar-refractivity contribution in [2.75, 3.05) is 0 Å². The molecule has 0 unspecified atom stereocenters. The molecule has 0 amide bonds. The van der Waals surface area contributed by atoms with Gasteiger partial charge < -0.3 is 4.57 Å². The summed E-state index contributed by atoms with van der Waals surface area (Å²) in [4.78, 5) is 15.3. The second kappa shape index (κ2) is 6.20. The van der Waals surface area contributed by atoms with Crippen LogP contribution in [-0.2, 0) is 12.8 Å². The predicted molar refractivity (Wildman–Crippen MR) is 92.2 cm³/mol. The van der Waals surface area contributed by atoms with Gasteiger partial charge in [-0.3, -0.25) is 10.1 Å². The van der Waals surface area contributed by atoms with Crippen LogP contribution in [0, 0.1) is 14.8 Å². The molecule has 0 atom stereocenters. The Bertz CT molecular complexity index is 827. The van der Waals surface area contributed by atoms with E-state index >= 15 is 0 Å². The molecule has 0 N–H and O–H groups in total. The Kier molecular flexibility index (Phi) is 4.26. The Balaban J connectivity index is 2.27. The van der Waals surface area contributed by atoms with Crippen LogP contribution >= 0.6 is 12.2 Å². The maximum absolute atomic E-state index is 11.1. The van der Waals surface area contributed by atoms with Gasteiger partial charge in [-0.05, 0) is 39.5 Å². The Morgan fingerprint density at radius 2 is 2.04 bits per heavy atom. The van der Waals surface area contributed by atoms with Gasteiger partial charge >= 0.3 is 0 Å². The Morgan fingerprint density at radius 1 is 1.30 bits per heavy atom. The van der Waals surface area contributed by atoms with Gasteiger partial charge in [0.25, 0.3) is 5.69 Å². The van der Waals surface area contributed by atoms with E-state index in [9.17, 15) is 10.1 Å². The molecule has 2 aromatic rings. The lowest BCUT2D eigenvalue weighted by molar-refractivity contribution is -0.384. The van der Waals surface area contributed by atoms with Crippen molar-refractivity contribution in [1.29, 1.82) is 0 Å². The number of nitro benzene ring substituents is 1. The predicted octanol–water partition coefficient (Wildman–Crippen LogP) is 4.65. The van der Waals surface area contributed by atoms with E-state index in [4.69, 9.17) is 12.2 Å². The quantitative estimate of drug-likeness (QED) is 0.467. The van der Waals surface area contributed by atoms with Gasteiger partial charge in [0.2, 0.25) is 0 Å². The molecule has 0 spiro atoms. The molecule has 0 radical (unpaired) electrons. The summed E-state index contributed by atoms with van der Waals surface area (Å²) in [5.41, 5.74) is 3.23. The van der Waals surface area contributed by atoms with Gasteiger partial charge in [-0.15, -0.1) is 0 Å². The molecule has 1 aliphatic carbocycles. The molecule has 1 aromatic heterocycles. The summed E-state index contributed by atoms with van der Waals surface area (Å²) in [6, 6.07) is 6.85. The van der Waals surface area contributed by atoms with E-state index in [1.807, 2.05) is 6.07 Å². The van der Waals surface area contributed by atoms with Gasteiger partial charge in [-0.25, -0.2) is 4.98 Å². The van der Waals surface area contributed by atoms with Crippen molar-refractivity contribution >= 4 is 17.9 Å². The summed E-state index contributed by atoms with van der Waals surface area (Å²) in [6.07, 6.45) is 4.25. The highest BCUT2D eigenvalue weighted by Crippen LogP contribution is 2.31. The largest absolute Gasteiger partial charge is 0.327 e. The molecule has 6 heteroatoms. The molecular weight excluding hydrogens is 310 g/mol. The summed E-state index contributed by atoms with van der Waals surface area (Å²) < 4.78 is 2.83. The summed E-state index contributed by atoms with van der Waals surface area (Å²) in [5, 5.41) is 11.1. The fourth-order valence-corrected chi connectivity index (χ4v) is 3.56. The standard InChI is InChI=1S/C17H19N3O2S/c1-11(2)19-15-9-4-3-8-14(15)17(23)18-16(19)12-6-5-7-13(10-12)20(21)22/h5-7,10-11H,3-4,8-9H2,1-2H3. The smallest absolute Gasteiger partial charge is 0.270 e. The zero-order valence-electron chi connectivity index (χ0n) is 13.3. The van der Waals surface area contributed by atoms with Crippen LogP contribution in [0.2, 0.25) is 0 Å². The topological polar surface area (TPSA) is 61.0 Å². The fraction of sp³-hybridized carbons (Fsp3) is 0.412. The third-order valence-corrected chi connectivity index (χ3v) is 4.59. The van der Waals surface area contributed by atoms with Crippen LogP contribution in [0.5, 0.6) is 0 Å². The number of non-ortho nitro benzene ring substituents is 1. The molecule has 120 valence electrons. The van der Waals surface area contributed by atoms with E-state index in [-0.39, 0.29) is 16.7 Å². The summed E-state index contributed by atoms with van der Waals surface area (Å²) in [5.74, 6) is 0.731. The van der Waals surface area contributed by atoms with E-state index < -0.39 is 0 Å². The number of rotatable bonds is 3. The maximum atomic E-state index is 11.1. The minimum Gasteiger partial charge on any atom is -0.327 e. The first-order chi connectivity index (χ1) is 11.0. The van der Waals surface area contributed by atoms with Crippen molar-refractivity contribution in [3.05, 3.63) is 50.3 Å². The van der Waals surface area contributed by atoms with Gasteiger partial charge in [-0.2, -0.15) is 0 Å². The third kappa shape index (κ3) is 2.91. The number of nitro groups is 1. The highest BCUT2D eigenvalue weighted by atomic mass is 32.1. The molecule has 3 rings (SSSR count). The highest BCUT2D eigenvalue weighted by molar-refractivity contribution is 7.71. The summed E-state index contributed by atoms with van der Waals surface area (Å²) in [7, 11) is 0. The number of aromatic nitrogens is 2. The molecule has 1 heterocycles. The Labute approximate surface area is 140 Å². The molecule has 0 fully saturated rings. The van der Waals surface area contributed by atoms with Gasteiger partial charge in [0.1, 0.15) is 10.5 Å². The number of nitrogens with zero attached hydrogens (tertiary/aromatic N) is 3. The van der Waals surface area contributed by atoms with Crippen molar-refractivity contribution in [2.45, 2.75) is 45.6 Å². The lowest BCUT2D eigenvalue weighted by Crippen LogP contribution is -2.19. The summed E-state index contributed by atoms with van der Waals surface area (Å²) >= 11 is 5.50. The molecule has 1 aliphatic rings. The second-order valence-corrected chi connectivity index (χ2v) is 6.53. The zero-order chi connectivity index (χ0) is 16.6. The third-order valence-electron chi connectivity index (χ3n) is 4.25. The first kappa shape index (κ1) is 15.8. The van der Waals surface area contributed by atoms with E-state index in [2.05, 4.69) is 23.4 Å². The van der Waals surface area contributed by atoms with Crippen LogP contribution in [0.15, 0.2) is 24.3 Å². The number of hydrogen-bond acceptors (Lipinski definition) is 4. The minimum absolute atomic E-state index is 0.0724. The second-order valence-electron chi connectivity index (χ2n) is 6.14. The van der Waals surface area contributed by atoms with E-state index in [1.54, 1.807) is 12.1 Å². The number of fused-ring (bicyclic) bond motifs is 1. The lowest BCUT2D eigenvalue weighted by atomic mass is 9.96.